The van der Waals surface area contributed by atoms with Gasteiger partial charge in [0.25, 0.3) is 0 Å². The number of aromatic nitrogens is 3. The fourth-order valence-electron chi connectivity index (χ4n) is 2.95. The summed E-state index contributed by atoms with van der Waals surface area (Å²) < 4.78 is 7.19. The monoisotopic (exact) mass is 421 g/mol. The number of anilines is 1. The largest absolute Gasteiger partial charge is 0.489 e. The van der Waals surface area contributed by atoms with Crippen molar-refractivity contribution < 1.29 is 9.53 Å². The summed E-state index contributed by atoms with van der Waals surface area (Å²) in [5.41, 5.74) is 2.18. The van der Waals surface area contributed by atoms with Crippen LogP contribution in [0.1, 0.15) is 16.7 Å². The lowest BCUT2D eigenvalue weighted by molar-refractivity contribution is -0.111. The van der Waals surface area contributed by atoms with Crippen molar-refractivity contribution in [2.24, 2.45) is 0 Å². The van der Waals surface area contributed by atoms with E-state index in [0.29, 0.717) is 12.4 Å². The number of carbonyl (C=O) groups is 1. The minimum Gasteiger partial charge on any atom is -0.489 e. The van der Waals surface area contributed by atoms with E-state index in [1.54, 1.807) is 30.5 Å². The highest BCUT2D eigenvalue weighted by Crippen LogP contribution is 2.19. The third kappa shape index (κ3) is 5.07. The summed E-state index contributed by atoms with van der Waals surface area (Å²) >= 11 is 0. The Morgan fingerprint density at radius 3 is 2.56 bits per heavy atom. The molecule has 0 spiro atoms. The van der Waals surface area contributed by atoms with Crippen molar-refractivity contribution in [2.45, 2.75) is 6.61 Å². The van der Waals surface area contributed by atoms with Gasteiger partial charge in [0.05, 0.1) is 6.20 Å². The van der Waals surface area contributed by atoms with Crippen LogP contribution in [0.25, 0.3) is 11.9 Å². The predicted molar refractivity (Wildman–Crippen MR) is 121 cm³/mol. The van der Waals surface area contributed by atoms with Gasteiger partial charge in [0, 0.05) is 12.3 Å². The summed E-state index contributed by atoms with van der Waals surface area (Å²) in [7, 11) is 0. The zero-order chi connectivity index (χ0) is 22.2. The van der Waals surface area contributed by atoms with E-state index in [2.05, 4.69) is 15.4 Å². The Morgan fingerprint density at radius 1 is 1.06 bits per heavy atom. The lowest BCUT2D eigenvalue weighted by Crippen LogP contribution is -2.13. The number of nitrogens with one attached hydrogen (secondary N) is 1. The van der Waals surface area contributed by atoms with Gasteiger partial charge >= 0.3 is 0 Å². The van der Waals surface area contributed by atoms with Gasteiger partial charge in [-0.15, -0.1) is 0 Å². The minimum absolute atomic E-state index is 0.248. The first-order chi connectivity index (χ1) is 15.7. The van der Waals surface area contributed by atoms with Crippen LogP contribution >= 0.6 is 0 Å². The standard InChI is InChI=1S/C25H19N5O2/c26-16-21-17-28-30(23-8-4-5-15-27-23)25(21)29-24(31)14-11-19-9-12-22(13-10-19)32-18-20-6-2-1-3-7-20/h1-15,17H,18H2,(H,29,31)/b14-11+. The lowest BCUT2D eigenvalue weighted by Gasteiger charge is -2.07. The molecule has 7 heteroatoms. The zero-order valence-electron chi connectivity index (χ0n) is 17.1. The summed E-state index contributed by atoms with van der Waals surface area (Å²) in [5, 5.41) is 16.2. The quantitative estimate of drug-likeness (QED) is 0.447. The molecule has 0 saturated heterocycles. The second-order valence-electron chi connectivity index (χ2n) is 6.78. The van der Waals surface area contributed by atoms with Crippen LogP contribution in [0.3, 0.4) is 0 Å². The second-order valence-corrected chi connectivity index (χ2v) is 6.78. The number of carbonyl (C=O) groups excluding carboxylic acids is 1. The Kier molecular flexibility index (Phi) is 6.34. The Balaban J connectivity index is 1.40. The first kappa shape index (κ1) is 20.6. The molecule has 32 heavy (non-hydrogen) atoms. The number of nitriles is 1. The van der Waals surface area contributed by atoms with E-state index in [1.807, 2.05) is 60.7 Å². The number of nitrogens with zero attached hydrogens (tertiary/aromatic N) is 4. The molecule has 0 atom stereocenters. The smallest absolute Gasteiger partial charge is 0.249 e. The van der Waals surface area contributed by atoms with Gasteiger partial charge in [0.2, 0.25) is 5.91 Å². The van der Waals surface area contributed by atoms with E-state index in [-0.39, 0.29) is 17.3 Å². The number of hydrogen-bond donors (Lipinski definition) is 1. The van der Waals surface area contributed by atoms with E-state index in [9.17, 15) is 10.1 Å². The Morgan fingerprint density at radius 2 is 1.84 bits per heavy atom. The molecular formula is C25H19N5O2. The van der Waals surface area contributed by atoms with Gasteiger partial charge in [-0.25, -0.2) is 4.98 Å². The van der Waals surface area contributed by atoms with Crippen LogP contribution in [-0.4, -0.2) is 20.7 Å². The molecular weight excluding hydrogens is 402 g/mol. The number of rotatable bonds is 7. The molecule has 0 fully saturated rings. The molecule has 2 aromatic heterocycles. The molecule has 156 valence electrons. The highest BCUT2D eigenvalue weighted by atomic mass is 16.5. The number of amides is 1. The van der Waals surface area contributed by atoms with Crippen molar-refractivity contribution >= 4 is 17.8 Å². The molecule has 0 aliphatic heterocycles. The fraction of sp³-hybridized carbons (Fsp3) is 0.0400. The molecule has 0 aliphatic carbocycles. The van der Waals surface area contributed by atoms with Crippen LogP contribution in [0.5, 0.6) is 5.75 Å². The van der Waals surface area contributed by atoms with Crippen molar-refractivity contribution in [3.05, 3.63) is 108 Å². The normalized spacial score (nSPS) is 10.6. The van der Waals surface area contributed by atoms with E-state index in [1.165, 1.54) is 17.0 Å². The lowest BCUT2D eigenvalue weighted by atomic mass is 10.2. The molecule has 1 amide bonds. The average molecular weight is 421 g/mol. The molecule has 2 aromatic carbocycles. The van der Waals surface area contributed by atoms with Gasteiger partial charge in [0.1, 0.15) is 24.0 Å². The summed E-state index contributed by atoms with van der Waals surface area (Å²) in [6, 6.07) is 24.7. The van der Waals surface area contributed by atoms with E-state index in [4.69, 9.17) is 4.74 Å². The molecule has 0 bridgehead atoms. The molecule has 0 saturated carbocycles. The maximum Gasteiger partial charge on any atom is 0.249 e. The van der Waals surface area contributed by atoms with Crippen molar-refractivity contribution in [1.29, 1.82) is 5.26 Å². The first-order valence-electron chi connectivity index (χ1n) is 9.88. The number of hydrogen-bond acceptors (Lipinski definition) is 5. The summed E-state index contributed by atoms with van der Waals surface area (Å²) in [6.07, 6.45) is 6.09. The summed E-state index contributed by atoms with van der Waals surface area (Å²) in [4.78, 5) is 16.7. The molecule has 2 heterocycles. The van der Waals surface area contributed by atoms with Crippen molar-refractivity contribution in [1.82, 2.24) is 14.8 Å². The first-order valence-corrected chi connectivity index (χ1v) is 9.88. The van der Waals surface area contributed by atoms with E-state index >= 15 is 0 Å². The highest BCUT2D eigenvalue weighted by molar-refractivity contribution is 6.02. The van der Waals surface area contributed by atoms with E-state index in [0.717, 1.165) is 16.9 Å². The number of benzene rings is 2. The van der Waals surface area contributed by atoms with E-state index < -0.39 is 0 Å². The third-order valence-corrected chi connectivity index (χ3v) is 4.55. The maximum absolute atomic E-state index is 12.5. The number of ether oxygens (including phenoxy) is 1. The summed E-state index contributed by atoms with van der Waals surface area (Å²) in [6.45, 7) is 0.490. The molecule has 0 unspecified atom stereocenters. The van der Waals surface area contributed by atoms with Crippen LogP contribution in [0.15, 0.2) is 91.3 Å². The van der Waals surface area contributed by atoms with Crippen LogP contribution < -0.4 is 10.1 Å². The van der Waals surface area contributed by atoms with Crippen LogP contribution in [0.4, 0.5) is 5.82 Å². The highest BCUT2D eigenvalue weighted by Gasteiger charge is 2.14. The van der Waals surface area contributed by atoms with Gasteiger partial charge < -0.3 is 10.1 Å². The van der Waals surface area contributed by atoms with Crippen LogP contribution in [-0.2, 0) is 11.4 Å². The van der Waals surface area contributed by atoms with Crippen molar-refractivity contribution in [3.8, 4) is 17.6 Å². The predicted octanol–water partition coefficient (Wildman–Crippen LogP) is 4.37. The van der Waals surface area contributed by atoms with Gasteiger partial charge in [-0.1, -0.05) is 48.5 Å². The SMILES string of the molecule is N#Cc1cnn(-c2ccccn2)c1NC(=O)/C=C/c1ccc(OCc2ccccc2)cc1. The molecule has 4 aromatic rings. The van der Waals surface area contributed by atoms with Crippen LogP contribution in [0.2, 0.25) is 0 Å². The molecule has 1 N–H and O–H groups in total. The molecule has 4 rings (SSSR count). The average Bonchev–Trinajstić information content (AvgIpc) is 3.25. The Labute approximate surface area is 185 Å². The minimum atomic E-state index is -0.386. The second kappa shape index (κ2) is 9.87. The molecule has 0 radical (unpaired) electrons. The zero-order valence-corrected chi connectivity index (χ0v) is 17.1. The Bertz CT molecular complexity index is 1260. The summed E-state index contributed by atoms with van der Waals surface area (Å²) in [5.74, 6) is 1.13. The van der Waals surface area contributed by atoms with Crippen molar-refractivity contribution in [2.75, 3.05) is 5.32 Å². The molecule has 7 nitrogen and oxygen atoms in total. The fourth-order valence-corrected chi connectivity index (χ4v) is 2.95. The van der Waals surface area contributed by atoms with Crippen LogP contribution in [0, 0.1) is 11.3 Å². The molecule has 0 aliphatic rings. The topological polar surface area (TPSA) is 92.8 Å². The maximum atomic E-state index is 12.5. The van der Waals surface area contributed by atoms with Gasteiger partial charge in [0.15, 0.2) is 11.6 Å². The number of pyridine rings is 1. The third-order valence-electron chi connectivity index (χ3n) is 4.55. The van der Waals surface area contributed by atoms with Gasteiger partial charge in [-0.05, 0) is 41.5 Å². The van der Waals surface area contributed by atoms with Crippen molar-refractivity contribution in [3.63, 3.8) is 0 Å². The van der Waals surface area contributed by atoms with Gasteiger partial charge in [-0.2, -0.15) is 15.0 Å². The Hall–Kier alpha value is -4.70. The van der Waals surface area contributed by atoms with Gasteiger partial charge in [-0.3, -0.25) is 4.79 Å².